The lowest BCUT2D eigenvalue weighted by molar-refractivity contribution is -0.124. The molecule has 1 atom stereocenters. The fourth-order valence-corrected chi connectivity index (χ4v) is 5.83. The molecule has 1 unspecified atom stereocenters. The first-order chi connectivity index (χ1) is 12.5. The van der Waals surface area contributed by atoms with Crippen LogP contribution in [-0.2, 0) is 21.2 Å². The summed E-state index contributed by atoms with van der Waals surface area (Å²) in [6.45, 7) is 0.853. The Hall–Kier alpha value is -1.90. The zero-order chi connectivity index (χ0) is 18.6. The fraction of sp³-hybridized carbons (Fsp3) is 0.389. The van der Waals surface area contributed by atoms with Gasteiger partial charge < -0.3 is 10.1 Å². The van der Waals surface area contributed by atoms with Gasteiger partial charge in [-0.1, -0.05) is 18.2 Å². The Labute approximate surface area is 157 Å². The number of thiophene rings is 1. The fourth-order valence-electron chi connectivity index (χ4n) is 3.06. The molecule has 6 nitrogen and oxygen atoms in total. The van der Waals surface area contributed by atoms with Gasteiger partial charge in [0.25, 0.3) is 10.0 Å². The first-order valence-electron chi connectivity index (χ1n) is 8.48. The lowest BCUT2D eigenvalue weighted by Gasteiger charge is -2.22. The van der Waals surface area contributed by atoms with Crippen LogP contribution in [0.5, 0.6) is 5.75 Å². The van der Waals surface area contributed by atoms with E-state index < -0.39 is 16.1 Å². The van der Waals surface area contributed by atoms with Crippen molar-refractivity contribution in [1.82, 2.24) is 9.62 Å². The first kappa shape index (κ1) is 18.9. The highest BCUT2D eigenvalue weighted by atomic mass is 32.2. The second-order valence-corrected chi connectivity index (χ2v) is 9.16. The maximum atomic E-state index is 12.7. The minimum Gasteiger partial charge on any atom is -0.497 e. The monoisotopic (exact) mass is 394 g/mol. The molecule has 140 valence electrons. The largest absolute Gasteiger partial charge is 0.497 e. The molecule has 3 rings (SSSR count). The molecule has 8 heteroatoms. The van der Waals surface area contributed by atoms with Crippen molar-refractivity contribution in [3.05, 3.63) is 47.3 Å². The van der Waals surface area contributed by atoms with Crippen molar-refractivity contribution >= 4 is 27.3 Å². The number of hydrogen-bond donors (Lipinski definition) is 1. The highest BCUT2D eigenvalue weighted by Gasteiger charge is 2.39. The number of benzene rings is 1. The highest BCUT2D eigenvalue weighted by Crippen LogP contribution is 2.28. The molecule has 1 N–H and O–H groups in total. The summed E-state index contributed by atoms with van der Waals surface area (Å²) in [5.74, 6) is 0.564. The zero-order valence-electron chi connectivity index (χ0n) is 14.6. The van der Waals surface area contributed by atoms with Gasteiger partial charge in [-0.05, 0) is 48.4 Å². The zero-order valence-corrected chi connectivity index (χ0v) is 16.2. The van der Waals surface area contributed by atoms with Crippen LogP contribution in [0.4, 0.5) is 0 Å². The number of hydrogen-bond acceptors (Lipinski definition) is 5. The molecule has 1 aromatic carbocycles. The highest BCUT2D eigenvalue weighted by molar-refractivity contribution is 7.91. The van der Waals surface area contributed by atoms with E-state index >= 15 is 0 Å². The van der Waals surface area contributed by atoms with Gasteiger partial charge in [0.1, 0.15) is 16.0 Å². The summed E-state index contributed by atoms with van der Waals surface area (Å²) in [4.78, 5) is 12.5. The van der Waals surface area contributed by atoms with E-state index in [1.807, 2.05) is 24.3 Å². The first-order valence-corrected chi connectivity index (χ1v) is 10.8. The van der Waals surface area contributed by atoms with Gasteiger partial charge in [0.15, 0.2) is 0 Å². The summed E-state index contributed by atoms with van der Waals surface area (Å²) < 4.78 is 32.2. The van der Waals surface area contributed by atoms with Crippen LogP contribution in [0.3, 0.4) is 0 Å². The molecule has 2 heterocycles. The lowest BCUT2D eigenvalue weighted by atomic mass is 10.1. The standard InChI is InChI=1S/C18H22N2O4S2/c1-24-15-8-6-14(7-9-15)10-11-19-18(21)16-4-2-12-20(16)26(22,23)17-5-3-13-25-17/h3,5-9,13,16H,2,4,10-12H2,1H3,(H,19,21). The van der Waals surface area contributed by atoms with Gasteiger partial charge in [-0.25, -0.2) is 8.42 Å². The van der Waals surface area contributed by atoms with Crippen LogP contribution in [0.1, 0.15) is 18.4 Å². The van der Waals surface area contributed by atoms with Gasteiger partial charge >= 0.3 is 0 Å². The van der Waals surface area contributed by atoms with Crippen molar-refractivity contribution in [2.24, 2.45) is 0 Å². The average molecular weight is 395 g/mol. The Balaban J connectivity index is 1.58. The maximum absolute atomic E-state index is 12.7. The molecule has 0 bridgehead atoms. The van der Waals surface area contributed by atoms with E-state index in [-0.39, 0.29) is 10.1 Å². The molecule has 26 heavy (non-hydrogen) atoms. The quantitative estimate of drug-likeness (QED) is 0.782. The van der Waals surface area contributed by atoms with Crippen molar-refractivity contribution in [1.29, 1.82) is 0 Å². The van der Waals surface area contributed by atoms with Crippen molar-refractivity contribution < 1.29 is 17.9 Å². The van der Waals surface area contributed by atoms with Crippen LogP contribution in [0.15, 0.2) is 46.0 Å². The van der Waals surface area contributed by atoms with Crippen molar-refractivity contribution in [2.45, 2.75) is 29.5 Å². The number of amides is 1. The van der Waals surface area contributed by atoms with E-state index in [0.29, 0.717) is 32.4 Å². The van der Waals surface area contributed by atoms with Crippen molar-refractivity contribution in [2.75, 3.05) is 20.2 Å². The number of carbonyl (C=O) groups excluding carboxylic acids is 1. The number of methoxy groups -OCH3 is 1. The van der Waals surface area contributed by atoms with E-state index in [0.717, 1.165) is 11.3 Å². The summed E-state index contributed by atoms with van der Waals surface area (Å²) >= 11 is 1.18. The van der Waals surface area contributed by atoms with Gasteiger partial charge in [0.2, 0.25) is 5.91 Å². The van der Waals surface area contributed by atoms with Crippen molar-refractivity contribution in [3.63, 3.8) is 0 Å². The molecule has 1 amide bonds. The van der Waals surface area contributed by atoms with Gasteiger partial charge in [0.05, 0.1) is 7.11 Å². The number of nitrogens with zero attached hydrogens (tertiary/aromatic N) is 1. The Bertz CT molecular complexity index is 833. The third kappa shape index (κ3) is 4.08. The summed E-state index contributed by atoms with van der Waals surface area (Å²) in [7, 11) is -1.98. The number of carbonyl (C=O) groups is 1. The van der Waals surface area contributed by atoms with Crippen LogP contribution in [0.2, 0.25) is 0 Å². The molecule has 0 spiro atoms. The van der Waals surface area contributed by atoms with E-state index in [1.165, 1.54) is 15.6 Å². The van der Waals surface area contributed by atoms with Gasteiger partial charge in [-0.15, -0.1) is 11.3 Å². The molecule has 1 aliphatic heterocycles. The molecular formula is C18H22N2O4S2. The number of sulfonamides is 1. The SMILES string of the molecule is COc1ccc(CCNC(=O)C2CCCN2S(=O)(=O)c2cccs2)cc1. The Morgan fingerprint density at radius 2 is 2.08 bits per heavy atom. The molecule has 2 aromatic rings. The predicted octanol–water partition coefficient (Wildman–Crippen LogP) is 2.27. The van der Waals surface area contributed by atoms with E-state index in [9.17, 15) is 13.2 Å². The second-order valence-electron chi connectivity index (χ2n) is 6.09. The second kappa shape index (κ2) is 8.20. The van der Waals surface area contributed by atoms with Crippen LogP contribution in [0, 0.1) is 0 Å². The minimum absolute atomic E-state index is 0.226. The summed E-state index contributed by atoms with van der Waals surface area (Å²) in [5, 5.41) is 4.61. The van der Waals surface area contributed by atoms with Crippen LogP contribution in [-0.4, -0.2) is 44.9 Å². The number of nitrogens with one attached hydrogen (secondary N) is 1. The predicted molar refractivity (Wildman–Crippen MR) is 101 cm³/mol. The normalized spacial score (nSPS) is 18.0. The molecule has 1 fully saturated rings. The topological polar surface area (TPSA) is 75.7 Å². The smallest absolute Gasteiger partial charge is 0.253 e. The van der Waals surface area contributed by atoms with E-state index in [2.05, 4.69) is 5.32 Å². The molecule has 0 aliphatic carbocycles. The third-order valence-electron chi connectivity index (χ3n) is 4.44. The van der Waals surface area contributed by atoms with Crippen LogP contribution >= 0.6 is 11.3 Å². The number of ether oxygens (including phenoxy) is 1. The Kier molecular flexibility index (Phi) is 5.95. The molecule has 1 aliphatic rings. The summed E-state index contributed by atoms with van der Waals surface area (Å²) in [5.41, 5.74) is 1.08. The van der Waals surface area contributed by atoms with Gasteiger partial charge in [-0.2, -0.15) is 4.31 Å². The van der Waals surface area contributed by atoms with Crippen LogP contribution in [0.25, 0.3) is 0 Å². The maximum Gasteiger partial charge on any atom is 0.253 e. The molecule has 0 radical (unpaired) electrons. The molecular weight excluding hydrogens is 372 g/mol. The Morgan fingerprint density at radius 1 is 1.31 bits per heavy atom. The minimum atomic E-state index is -3.60. The van der Waals surface area contributed by atoms with Crippen LogP contribution < -0.4 is 10.1 Å². The lowest BCUT2D eigenvalue weighted by Crippen LogP contribution is -2.46. The summed E-state index contributed by atoms with van der Waals surface area (Å²) in [6, 6.07) is 10.3. The Morgan fingerprint density at radius 3 is 2.73 bits per heavy atom. The molecule has 1 saturated heterocycles. The van der Waals surface area contributed by atoms with Gasteiger partial charge in [-0.3, -0.25) is 4.79 Å². The van der Waals surface area contributed by atoms with E-state index in [4.69, 9.17) is 4.74 Å². The average Bonchev–Trinajstić information content (AvgIpc) is 3.34. The molecule has 0 saturated carbocycles. The van der Waals surface area contributed by atoms with E-state index in [1.54, 1.807) is 24.6 Å². The van der Waals surface area contributed by atoms with Crippen molar-refractivity contribution in [3.8, 4) is 5.75 Å². The number of rotatable bonds is 7. The third-order valence-corrected chi connectivity index (χ3v) is 7.72. The van der Waals surface area contributed by atoms with Gasteiger partial charge in [0, 0.05) is 13.1 Å². The summed E-state index contributed by atoms with van der Waals surface area (Å²) in [6.07, 6.45) is 1.93. The molecule has 1 aromatic heterocycles.